The molecule has 0 bridgehead atoms. The quantitative estimate of drug-likeness (QED) is 0.438. The Morgan fingerprint density at radius 3 is 2.54 bits per heavy atom. The molecule has 2 aromatic carbocycles. The van der Waals surface area contributed by atoms with Crippen molar-refractivity contribution in [1.29, 1.82) is 0 Å². The maximum absolute atomic E-state index is 12.5. The van der Waals surface area contributed by atoms with Gasteiger partial charge in [0.25, 0.3) is 11.8 Å². The molecule has 0 atom stereocenters. The Morgan fingerprint density at radius 2 is 1.79 bits per heavy atom. The van der Waals surface area contributed by atoms with Gasteiger partial charge in [-0.3, -0.25) is 14.7 Å². The molecular formula is C20H15ClN4O2S. The summed E-state index contributed by atoms with van der Waals surface area (Å²) in [5, 5.41) is 13.6. The molecule has 8 heteroatoms. The van der Waals surface area contributed by atoms with E-state index >= 15 is 0 Å². The molecule has 0 aliphatic rings. The smallest absolute Gasteiger partial charge is 0.265 e. The van der Waals surface area contributed by atoms with E-state index in [1.165, 1.54) is 11.3 Å². The number of rotatable bonds is 4. The third-order valence-corrected chi connectivity index (χ3v) is 5.51. The number of fused-ring (bicyclic) bond motifs is 1. The Morgan fingerprint density at radius 1 is 1.04 bits per heavy atom. The van der Waals surface area contributed by atoms with Crippen molar-refractivity contribution in [1.82, 2.24) is 10.2 Å². The first-order chi connectivity index (χ1) is 13.5. The van der Waals surface area contributed by atoms with Crippen LogP contribution in [0.15, 0.2) is 54.6 Å². The maximum Gasteiger partial charge on any atom is 0.265 e. The molecule has 2 heterocycles. The fourth-order valence-corrected chi connectivity index (χ4v) is 3.79. The summed E-state index contributed by atoms with van der Waals surface area (Å²) in [6.07, 6.45) is 0. The summed E-state index contributed by atoms with van der Waals surface area (Å²) in [6, 6.07) is 16.0. The van der Waals surface area contributed by atoms with E-state index in [4.69, 9.17) is 11.6 Å². The average molecular weight is 411 g/mol. The van der Waals surface area contributed by atoms with Crippen LogP contribution in [-0.4, -0.2) is 22.0 Å². The van der Waals surface area contributed by atoms with E-state index in [9.17, 15) is 9.59 Å². The standard InChI is InChI=1S/C20H15ClN4O2S/c1-11-6-8-12(9-7-11)22-19(27)16-10-14-17(24-25-20(14)28-16)23-18(26)13-4-2-3-5-15(13)21/h2-10H,1H3,(H,22,27)(H2,23,24,25,26). The van der Waals surface area contributed by atoms with Crippen LogP contribution in [-0.2, 0) is 0 Å². The Bertz CT molecular complexity index is 1180. The number of anilines is 2. The zero-order chi connectivity index (χ0) is 19.7. The summed E-state index contributed by atoms with van der Waals surface area (Å²) >= 11 is 7.34. The first kappa shape index (κ1) is 18.2. The van der Waals surface area contributed by atoms with Crippen molar-refractivity contribution >= 4 is 56.5 Å². The first-order valence-corrected chi connectivity index (χ1v) is 9.62. The molecule has 6 nitrogen and oxygen atoms in total. The van der Waals surface area contributed by atoms with Crippen molar-refractivity contribution in [2.45, 2.75) is 6.92 Å². The van der Waals surface area contributed by atoms with Crippen LogP contribution in [0, 0.1) is 6.92 Å². The van der Waals surface area contributed by atoms with Crippen LogP contribution in [0.4, 0.5) is 11.5 Å². The van der Waals surface area contributed by atoms with Crippen LogP contribution < -0.4 is 10.6 Å². The lowest BCUT2D eigenvalue weighted by Gasteiger charge is -2.04. The number of hydrogen-bond donors (Lipinski definition) is 3. The third-order valence-electron chi connectivity index (χ3n) is 4.14. The molecule has 28 heavy (non-hydrogen) atoms. The minimum absolute atomic E-state index is 0.221. The Kier molecular flexibility index (Phi) is 4.85. The lowest BCUT2D eigenvalue weighted by Crippen LogP contribution is -2.13. The van der Waals surface area contributed by atoms with Crippen molar-refractivity contribution in [2.24, 2.45) is 0 Å². The van der Waals surface area contributed by atoms with Gasteiger partial charge >= 0.3 is 0 Å². The van der Waals surface area contributed by atoms with Crippen LogP contribution in [0.25, 0.3) is 10.2 Å². The first-order valence-electron chi connectivity index (χ1n) is 8.43. The number of nitrogens with zero attached hydrogens (tertiary/aromatic N) is 1. The van der Waals surface area contributed by atoms with Crippen LogP contribution in [0.3, 0.4) is 0 Å². The largest absolute Gasteiger partial charge is 0.321 e. The molecule has 0 unspecified atom stereocenters. The van der Waals surface area contributed by atoms with Crippen molar-refractivity contribution in [3.8, 4) is 0 Å². The molecule has 0 saturated carbocycles. The molecule has 0 saturated heterocycles. The summed E-state index contributed by atoms with van der Waals surface area (Å²) in [5.74, 6) is -0.233. The number of nitrogens with one attached hydrogen (secondary N) is 3. The van der Waals surface area contributed by atoms with Gasteiger partial charge in [-0.2, -0.15) is 5.10 Å². The highest BCUT2D eigenvalue weighted by Crippen LogP contribution is 2.30. The number of thiophene rings is 1. The van der Waals surface area contributed by atoms with Gasteiger partial charge in [0.2, 0.25) is 0 Å². The zero-order valence-corrected chi connectivity index (χ0v) is 16.3. The SMILES string of the molecule is Cc1ccc(NC(=O)c2cc3c(NC(=O)c4ccccc4Cl)n[nH]c3s2)cc1. The van der Waals surface area contributed by atoms with Crippen molar-refractivity contribution in [2.75, 3.05) is 10.6 Å². The summed E-state index contributed by atoms with van der Waals surface area (Å²) in [7, 11) is 0. The van der Waals surface area contributed by atoms with Gasteiger partial charge in [0.05, 0.1) is 20.8 Å². The van der Waals surface area contributed by atoms with Gasteiger partial charge in [0.1, 0.15) is 4.83 Å². The molecule has 3 N–H and O–H groups in total. The monoisotopic (exact) mass is 410 g/mol. The fraction of sp³-hybridized carbons (Fsp3) is 0.0500. The number of aryl methyl sites for hydroxylation is 1. The van der Waals surface area contributed by atoms with Gasteiger partial charge in [-0.05, 0) is 37.3 Å². The van der Waals surface area contributed by atoms with E-state index in [-0.39, 0.29) is 11.8 Å². The Hall–Kier alpha value is -3.16. The number of halogens is 1. The second kappa shape index (κ2) is 7.46. The van der Waals surface area contributed by atoms with Crippen LogP contribution in [0.5, 0.6) is 0 Å². The highest BCUT2D eigenvalue weighted by atomic mass is 35.5. The molecule has 0 aliphatic heterocycles. The summed E-state index contributed by atoms with van der Waals surface area (Å²) in [6.45, 7) is 1.98. The van der Waals surface area contributed by atoms with E-state index in [1.54, 1.807) is 30.3 Å². The molecule has 4 aromatic rings. The topological polar surface area (TPSA) is 86.9 Å². The number of amides is 2. The van der Waals surface area contributed by atoms with Crippen molar-refractivity contribution < 1.29 is 9.59 Å². The molecule has 2 amide bonds. The number of H-pyrrole nitrogens is 1. The molecule has 0 fully saturated rings. The van der Waals surface area contributed by atoms with E-state index in [2.05, 4.69) is 20.8 Å². The van der Waals surface area contributed by atoms with Gasteiger partial charge in [-0.15, -0.1) is 11.3 Å². The average Bonchev–Trinajstić information content (AvgIpc) is 3.26. The molecular weight excluding hydrogens is 396 g/mol. The van der Waals surface area contributed by atoms with Gasteiger partial charge in [-0.25, -0.2) is 0 Å². The normalized spacial score (nSPS) is 10.8. The lowest BCUT2D eigenvalue weighted by molar-refractivity contribution is 0.102. The number of carbonyl (C=O) groups is 2. The highest BCUT2D eigenvalue weighted by Gasteiger charge is 2.18. The Balaban J connectivity index is 1.55. The fourth-order valence-electron chi connectivity index (χ4n) is 2.67. The van der Waals surface area contributed by atoms with Crippen LogP contribution in [0.2, 0.25) is 5.02 Å². The molecule has 4 rings (SSSR count). The molecule has 2 aromatic heterocycles. The zero-order valence-electron chi connectivity index (χ0n) is 14.7. The minimum Gasteiger partial charge on any atom is -0.321 e. The predicted molar refractivity (Wildman–Crippen MR) is 113 cm³/mol. The van der Waals surface area contributed by atoms with Crippen molar-refractivity contribution in [3.05, 3.63) is 75.6 Å². The third kappa shape index (κ3) is 3.62. The maximum atomic E-state index is 12.5. The highest BCUT2D eigenvalue weighted by molar-refractivity contribution is 7.20. The van der Waals surface area contributed by atoms with Gasteiger partial charge in [0, 0.05) is 5.69 Å². The Labute approximate surface area is 169 Å². The number of carbonyl (C=O) groups excluding carboxylic acids is 2. The second-order valence-electron chi connectivity index (χ2n) is 6.18. The number of benzene rings is 2. The van der Waals surface area contributed by atoms with Gasteiger partial charge < -0.3 is 10.6 Å². The summed E-state index contributed by atoms with van der Waals surface area (Å²) in [5.41, 5.74) is 2.19. The van der Waals surface area contributed by atoms with Crippen LogP contribution >= 0.6 is 22.9 Å². The number of aromatic nitrogens is 2. The van der Waals surface area contributed by atoms with E-state index in [0.29, 0.717) is 31.5 Å². The molecule has 0 spiro atoms. The molecule has 0 radical (unpaired) electrons. The molecule has 140 valence electrons. The number of aromatic amines is 1. The number of hydrogen-bond acceptors (Lipinski definition) is 4. The van der Waals surface area contributed by atoms with Crippen molar-refractivity contribution in [3.63, 3.8) is 0 Å². The minimum atomic E-state index is -0.365. The predicted octanol–water partition coefficient (Wildman–Crippen LogP) is 5.09. The van der Waals surface area contributed by atoms with E-state index < -0.39 is 0 Å². The van der Waals surface area contributed by atoms with Gasteiger partial charge in [-0.1, -0.05) is 41.4 Å². The lowest BCUT2D eigenvalue weighted by atomic mass is 10.2. The summed E-state index contributed by atoms with van der Waals surface area (Å²) in [4.78, 5) is 26.2. The van der Waals surface area contributed by atoms with E-state index in [1.807, 2.05) is 31.2 Å². The second-order valence-corrected chi connectivity index (χ2v) is 7.64. The van der Waals surface area contributed by atoms with E-state index in [0.717, 1.165) is 11.3 Å². The molecule has 0 aliphatic carbocycles. The van der Waals surface area contributed by atoms with Gasteiger partial charge in [0.15, 0.2) is 5.82 Å². The van der Waals surface area contributed by atoms with Crippen LogP contribution in [0.1, 0.15) is 25.6 Å². The summed E-state index contributed by atoms with van der Waals surface area (Å²) < 4.78 is 0.